The first-order valence-corrected chi connectivity index (χ1v) is 11.4. The number of nitrogens with one attached hydrogen (secondary N) is 1. The Morgan fingerprint density at radius 2 is 1.69 bits per heavy atom. The van der Waals surface area contributed by atoms with Crippen molar-refractivity contribution in [2.45, 2.75) is 14.7 Å². The van der Waals surface area contributed by atoms with Gasteiger partial charge in [0.25, 0.3) is 0 Å². The lowest BCUT2D eigenvalue weighted by molar-refractivity contribution is 0.470. The molecule has 0 spiro atoms. The molecule has 2 aromatic carbocycles. The fraction of sp³-hybridized carbons (Fsp3) is 0.0769. The quantitative estimate of drug-likeness (QED) is 0.675. The van der Waals surface area contributed by atoms with Crippen molar-refractivity contribution in [3.05, 3.63) is 36.4 Å². The Labute approximate surface area is 158 Å². The van der Waals surface area contributed by atoms with E-state index in [1.165, 1.54) is 18.2 Å². The predicted molar refractivity (Wildman–Crippen MR) is 96.7 cm³/mol. The molecule has 2 aromatic rings. The predicted octanol–water partition coefficient (Wildman–Crippen LogP) is 3.45. The molecule has 2 rings (SSSR count). The third-order valence-corrected chi connectivity index (χ3v) is 5.30. The number of hydrogen-bond donors (Lipinski definition) is 2. The molecule has 0 aliphatic rings. The first-order chi connectivity index (χ1) is 12.0. The minimum absolute atomic E-state index is 0.0709. The molecule has 0 aromatic heterocycles. The van der Waals surface area contributed by atoms with Gasteiger partial charge in [0.15, 0.2) is 5.75 Å². The van der Waals surface area contributed by atoms with E-state index in [4.69, 9.17) is 9.88 Å². The Kier molecular flexibility index (Phi) is 6.39. The van der Waals surface area contributed by atoms with Gasteiger partial charge >= 0.3 is 0 Å². The minimum Gasteiger partial charge on any atom is -0.454 e. The van der Waals surface area contributed by atoms with E-state index >= 15 is 0 Å². The summed E-state index contributed by atoms with van der Waals surface area (Å²) in [6.45, 7) is 0. The highest BCUT2D eigenvalue weighted by atomic mass is 32.2. The van der Waals surface area contributed by atoms with E-state index in [9.17, 15) is 24.6 Å². The molecule has 26 heavy (non-hydrogen) atoms. The summed E-state index contributed by atoms with van der Waals surface area (Å²) in [5.41, 5.74) is -0.0846. The van der Waals surface area contributed by atoms with Crippen LogP contribution in [0.5, 0.6) is 11.5 Å². The fourth-order valence-electron chi connectivity index (χ4n) is 1.85. The van der Waals surface area contributed by atoms with Crippen LogP contribution in [0.3, 0.4) is 0 Å². The van der Waals surface area contributed by atoms with E-state index < -0.39 is 20.0 Å². The van der Waals surface area contributed by atoms with Crippen molar-refractivity contribution in [3.63, 3.8) is 0 Å². The van der Waals surface area contributed by atoms with Crippen molar-refractivity contribution in [1.82, 2.24) is 0 Å². The average molecular weight is 443 g/mol. The lowest BCUT2D eigenvalue weighted by Crippen LogP contribution is -2.14. The highest BCUT2D eigenvalue weighted by Gasteiger charge is 2.17. The molecule has 0 bridgehead atoms. The maximum absolute atomic E-state index is 13.1. The van der Waals surface area contributed by atoms with Crippen LogP contribution in [0.2, 0.25) is 0 Å². The van der Waals surface area contributed by atoms with Crippen LogP contribution in [-0.2, 0) is 20.0 Å². The molecule has 0 atom stereocenters. The normalized spacial score (nSPS) is 12.0. The number of nitrogens with two attached hydrogens (primary N) is 1. The summed E-state index contributed by atoms with van der Waals surface area (Å²) in [5.74, 6) is -0.295. The molecule has 0 radical (unpaired) electrons. The third kappa shape index (κ3) is 5.48. The highest BCUT2D eigenvalue weighted by molar-refractivity contribution is 7.95. The van der Waals surface area contributed by atoms with Crippen LogP contribution in [0.25, 0.3) is 0 Å². The van der Waals surface area contributed by atoms with Crippen molar-refractivity contribution in [2.75, 3.05) is 11.0 Å². The van der Waals surface area contributed by atoms with Crippen molar-refractivity contribution in [1.29, 1.82) is 0 Å². The molecule has 0 amide bonds. The van der Waals surface area contributed by atoms with E-state index in [2.05, 4.69) is 4.72 Å². The monoisotopic (exact) mass is 442 g/mol. The largest absolute Gasteiger partial charge is 0.454 e. The summed E-state index contributed by atoms with van der Waals surface area (Å²) in [6, 6.07) is 6.98. The number of primary sulfonamides is 1. The first-order valence-electron chi connectivity index (χ1n) is 6.57. The molecule has 0 saturated carbocycles. The maximum atomic E-state index is 13.1. The molecule has 0 aliphatic carbocycles. The van der Waals surface area contributed by atoms with Gasteiger partial charge in [0.2, 0.25) is 20.0 Å². The van der Waals surface area contributed by atoms with Crippen LogP contribution in [0.15, 0.2) is 51.1 Å². The van der Waals surface area contributed by atoms with Gasteiger partial charge in [-0.3, -0.25) is 4.72 Å². The fourth-order valence-corrected chi connectivity index (χ4v) is 3.66. The smallest absolute Gasteiger partial charge is 0.238 e. The van der Waals surface area contributed by atoms with E-state index in [1.807, 2.05) is 0 Å². The SMILES string of the molecule is CS(=O)(=O)Nc1ccc(S(N)(=O)=O)cc1Oc1ccc(SF)cc1SF. The Morgan fingerprint density at radius 1 is 1.00 bits per heavy atom. The topological polar surface area (TPSA) is 116 Å². The summed E-state index contributed by atoms with van der Waals surface area (Å²) < 4.78 is 79.4. The minimum atomic E-state index is -4.09. The van der Waals surface area contributed by atoms with Crippen LogP contribution in [-0.4, -0.2) is 23.1 Å². The van der Waals surface area contributed by atoms with Gasteiger partial charge in [0.05, 0.1) is 46.0 Å². The van der Waals surface area contributed by atoms with E-state index in [0.29, 0.717) is 0 Å². The second kappa shape index (κ2) is 8.00. The third-order valence-electron chi connectivity index (χ3n) is 2.88. The molecule has 0 heterocycles. The van der Waals surface area contributed by atoms with Crippen LogP contribution < -0.4 is 14.6 Å². The van der Waals surface area contributed by atoms with Crippen molar-refractivity contribution < 1.29 is 29.3 Å². The van der Waals surface area contributed by atoms with E-state index in [0.717, 1.165) is 24.5 Å². The molecule has 0 unspecified atom stereocenters. The number of ether oxygens (including phenoxy) is 1. The average Bonchev–Trinajstić information content (AvgIpc) is 2.54. The molecule has 142 valence electrons. The van der Waals surface area contributed by atoms with Gasteiger partial charge in [-0.25, -0.2) is 22.0 Å². The standard InChI is InChI=1S/C13H12F2N2O5S4/c1-25(18,19)17-10-4-3-9(26(16,20)21)7-12(10)22-11-5-2-8(23-14)6-13(11)24-15/h2-7,17H,1H3,(H2,16,20,21). The zero-order chi connectivity index (χ0) is 19.5. The Balaban J connectivity index is 2.55. The Morgan fingerprint density at radius 3 is 2.23 bits per heavy atom. The van der Waals surface area contributed by atoms with E-state index in [1.54, 1.807) is 0 Å². The molecule has 7 nitrogen and oxygen atoms in total. The lowest BCUT2D eigenvalue weighted by Gasteiger charge is -2.14. The van der Waals surface area contributed by atoms with Crippen molar-refractivity contribution in [2.24, 2.45) is 5.14 Å². The second-order valence-electron chi connectivity index (χ2n) is 4.94. The molecule has 0 aliphatic heterocycles. The van der Waals surface area contributed by atoms with Crippen LogP contribution in [0.4, 0.5) is 13.5 Å². The summed E-state index contributed by atoms with van der Waals surface area (Å²) in [7, 11) is -7.80. The Hall–Kier alpha value is -1.54. The van der Waals surface area contributed by atoms with Gasteiger partial charge in [0.1, 0.15) is 5.75 Å². The zero-order valence-corrected chi connectivity index (χ0v) is 16.2. The zero-order valence-electron chi connectivity index (χ0n) is 13.0. The van der Waals surface area contributed by atoms with Crippen LogP contribution >= 0.6 is 24.3 Å². The van der Waals surface area contributed by atoms with Crippen LogP contribution in [0, 0.1) is 0 Å². The number of rotatable bonds is 7. The number of hydrogen-bond acceptors (Lipinski definition) is 7. The summed E-state index contributed by atoms with van der Waals surface area (Å²) in [6.07, 6.45) is 0.889. The van der Waals surface area contributed by atoms with Gasteiger partial charge in [-0.15, -0.1) is 0 Å². The van der Waals surface area contributed by atoms with Crippen molar-refractivity contribution >= 4 is 50.0 Å². The van der Waals surface area contributed by atoms with Crippen molar-refractivity contribution in [3.8, 4) is 11.5 Å². The molecule has 13 heteroatoms. The number of benzene rings is 2. The van der Waals surface area contributed by atoms with Gasteiger partial charge in [0, 0.05) is 11.0 Å². The van der Waals surface area contributed by atoms with E-state index in [-0.39, 0.29) is 56.2 Å². The van der Waals surface area contributed by atoms with Gasteiger partial charge in [-0.1, -0.05) is 0 Å². The first kappa shape index (κ1) is 20.8. The maximum Gasteiger partial charge on any atom is 0.238 e. The second-order valence-corrected chi connectivity index (χ2v) is 9.47. The summed E-state index contributed by atoms with van der Waals surface area (Å²) in [5, 5.41) is 5.06. The molecule has 3 N–H and O–H groups in total. The highest BCUT2D eigenvalue weighted by Crippen LogP contribution is 2.39. The van der Waals surface area contributed by atoms with Crippen LogP contribution in [0.1, 0.15) is 0 Å². The number of sulfonamides is 2. The molecule has 0 fully saturated rings. The molecular formula is C13H12F2N2O5S4. The van der Waals surface area contributed by atoms with Gasteiger partial charge in [-0.2, -0.15) is 7.77 Å². The number of anilines is 1. The lowest BCUT2D eigenvalue weighted by atomic mass is 10.3. The summed E-state index contributed by atoms with van der Waals surface area (Å²) in [4.78, 5) is -0.291. The van der Waals surface area contributed by atoms with Gasteiger partial charge in [-0.05, 0) is 30.3 Å². The number of halogens is 2. The van der Waals surface area contributed by atoms with Gasteiger partial charge < -0.3 is 4.74 Å². The molecular weight excluding hydrogens is 430 g/mol. The summed E-state index contributed by atoms with van der Waals surface area (Å²) >= 11 is -0.307. The Bertz CT molecular complexity index is 1030. The molecule has 0 saturated heterocycles.